The molecule has 5 heteroatoms. The lowest BCUT2D eigenvalue weighted by Gasteiger charge is -2.17. The van der Waals surface area contributed by atoms with E-state index in [1.807, 2.05) is 30.1 Å². The maximum atomic E-state index is 11.8. The number of hydrogen-bond donors (Lipinski definition) is 2. The van der Waals surface area contributed by atoms with E-state index in [0.717, 1.165) is 0 Å². The SMILES string of the molecule is CC(CNC(=O)CN(C)CCCC(=O)O)c1ccccc1. The molecule has 1 amide bonds. The molecule has 116 valence electrons. The van der Waals surface area contributed by atoms with Crippen LogP contribution in [-0.2, 0) is 9.59 Å². The number of rotatable bonds is 9. The summed E-state index contributed by atoms with van der Waals surface area (Å²) < 4.78 is 0. The van der Waals surface area contributed by atoms with E-state index in [1.165, 1.54) is 5.56 Å². The number of nitrogens with one attached hydrogen (secondary N) is 1. The van der Waals surface area contributed by atoms with E-state index in [-0.39, 0.29) is 18.2 Å². The number of carboxylic acid groups (broad SMARTS) is 1. The normalized spacial score (nSPS) is 12.1. The van der Waals surface area contributed by atoms with Crippen LogP contribution in [0.15, 0.2) is 30.3 Å². The van der Waals surface area contributed by atoms with Gasteiger partial charge in [-0.2, -0.15) is 0 Å². The quantitative estimate of drug-likeness (QED) is 0.727. The third kappa shape index (κ3) is 7.46. The number of aliphatic carboxylic acids is 1. The van der Waals surface area contributed by atoms with Crippen LogP contribution in [0.3, 0.4) is 0 Å². The highest BCUT2D eigenvalue weighted by atomic mass is 16.4. The number of carboxylic acids is 1. The highest BCUT2D eigenvalue weighted by Crippen LogP contribution is 2.12. The van der Waals surface area contributed by atoms with Crippen molar-refractivity contribution in [2.75, 3.05) is 26.7 Å². The average molecular weight is 292 g/mol. The van der Waals surface area contributed by atoms with Gasteiger partial charge >= 0.3 is 5.97 Å². The molecule has 5 nitrogen and oxygen atoms in total. The van der Waals surface area contributed by atoms with Gasteiger partial charge in [-0.3, -0.25) is 14.5 Å². The largest absolute Gasteiger partial charge is 0.481 e. The molecule has 1 unspecified atom stereocenters. The maximum Gasteiger partial charge on any atom is 0.303 e. The topological polar surface area (TPSA) is 69.6 Å². The van der Waals surface area contributed by atoms with Gasteiger partial charge in [0.15, 0.2) is 0 Å². The van der Waals surface area contributed by atoms with Gasteiger partial charge in [-0.1, -0.05) is 37.3 Å². The highest BCUT2D eigenvalue weighted by molar-refractivity contribution is 5.78. The molecule has 2 N–H and O–H groups in total. The molecule has 0 aromatic heterocycles. The molecule has 0 aliphatic heterocycles. The van der Waals surface area contributed by atoms with Crippen LogP contribution >= 0.6 is 0 Å². The first-order valence-corrected chi connectivity index (χ1v) is 7.21. The molecule has 21 heavy (non-hydrogen) atoms. The average Bonchev–Trinajstić information content (AvgIpc) is 2.45. The fraction of sp³-hybridized carbons (Fsp3) is 0.500. The van der Waals surface area contributed by atoms with Crippen LogP contribution in [0.1, 0.15) is 31.2 Å². The Morgan fingerprint density at radius 3 is 2.57 bits per heavy atom. The second kappa shape index (κ2) is 9.13. The molecule has 1 atom stereocenters. The molecule has 0 saturated carbocycles. The first-order chi connectivity index (χ1) is 9.99. The summed E-state index contributed by atoms with van der Waals surface area (Å²) in [5, 5.41) is 11.5. The van der Waals surface area contributed by atoms with Gasteiger partial charge in [0.2, 0.25) is 5.91 Å². The summed E-state index contributed by atoms with van der Waals surface area (Å²) >= 11 is 0. The molecular formula is C16H24N2O3. The van der Waals surface area contributed by atoms with Crippen molar-refractivity contribution in [3.05, 3.63) is 35.9 Å². The molecule has 0 heterocycles. The Morgan fingerprint density at radius 1 is 1.29 bits per heavy atom. The van der Waals surface area contributed by atoms with Gasteiger partial charge in [0, 0.05) is 13.0 Å². The van der Waals surface area contributed by atoms with Gasteiger partial charge < -0.3 is 10.4 Å². The number of carbonyl (C=O) groups excluding carboxylic acids is 1. The Hall–Kier alpha value is -1.88. The van der Waals surface area contributed by atoms with Gasteiger partial charge in [-0.05, 0) is 31.5 Å². The molecule has 0 bridgehead atoms. The van der Waals surface area contributed by atoms with Crippen molar-refractivity contribution in [1.29, 1.82) is 0 Å². The number of nitrogens with zero attached hydrogens (tertiary/aromatic N) is 1. The highest BCUT2D eigenvalue weighted by Gasteiger charge is 2.10. The second-order valence-corrected chi connectivity index (χ2v) is 5.35. The summed E-state index contributed by atoms with van der Waals surface area (Å²) in [6, 6.07) is 10.1. The minimum absolute atomic E-state index is 0.0318. The Kier molecular flexibility index (Phi) is 7.46. The van der Waals surface area contributed by atoms with Crippen molar-refractivity contribution < 1.29 is 14.7 Å². The van der Waals surface area contributed by atoms with Crippen LogP contribution < -0.4 is 5.32 Å². The predicted molar refractivity (Wildman–Crippen MR) is 82.2 cm³/mol. The van der Waals surface area contributed by atoms with Crippen LogP contribution in [0.25, 0.3) is 0 Å². The molecule has 0 fully saturated rings. The Morgan fingerprint density at radius 2 is 1.95 bits per heavy atom. The molecule has 0 radical (unpaired) electrons. The van der Waals surface area contributed by atoms with Crippen LogP contribution in [0.4, 0.5) is 0 Å². The molecule has 0 saturated heterocycles. The van der Waals surface area contributed by atoms with E-state index in [9.17, 15) is 9.59 Å². The molecule has 1 aromatic carbocycles. The number of benzene rings is 1. The van der Waals surface area contributed by atoms with Gasteiger partial charge in [0.1, 0.15) is 0 Å². The van der Waals surface area contributed by atoms with Crippen LogP contribution in [0, 0.1) is 0 Å². The molecule has 1 rings (SSSR count). The summed E-state index contributed by atoms with van der Waals surface area (Å²) in [4.78, 5) is 24.1. The van der Waals surface area contributed by atoms with Gasteiger partial charge in [-0.25, -0.2) is 0 Å². The molecule has 0 aliphatic carbocycles. The maximum absolute atomic E-state index is 11.8. The van der Waals surface area contributed by atoms with Crippen molar-refractivity contribution >= 4 is 11.9 Å². The monoisotopic (exact) mass is 292 g/mol. The van der Waals surface area contributed by atoms with E-state index in [2.05, 4.69) is 24.4 Å². The Balaban J connectivity index is 2.23. The first-order valence-electron chi connectivity index (χ1n) is 7.21. The zero-order valence-corrected chi connectivity index (χ0v) is 12.7. The third-order valence-electron chi connectivity index (χ3n) is 3.32. The first kappa shape index (κ1) is 17.2. The van der Waals surface area contributed by atoms with E-state index in [0.29, 0.717) is 26.1 Å². The molecule has 1 aromatic rings. The fourth-order valence-corrected chi connectivity index (χ4v) is 2.05. The van der Waals surface area contributed by atoms with Crippen molar-refractivity contribution in [3.63, 3.8) is 0 Å². The minimum Gasteiger partial charge on any atom is -0.481 e. The molecule has 0 spiro atoms. The van der Waals surface area contributed by atoms with Crippen molar-refractivity contribution in [2.45, 2.75) is 25.7 Å². The number of amides is 1. The second-order valence-electron chi connectivity index (χ2n) is 5.35. The smallest absolute Gasteiger partial charge is 0.303 e. The Bertz CT molecular complexity index is 448. The standard InChI is InChI=1S/C16H24N2O3/c1-13(14-7-4-3-5-8-14)11-17-15(19)12-18(2)10-6-9-16(20)21/h3-5,7-8,13H,6,9-12H2,1-2H3,(H,17,19)(H,20,21). The summed E-state index contributed by atoms with van der Waals surface area (Å²) in [5.74, 6) is -0.562. The number of hydrogen-bond acceptors (Lipinski definition) is 3. The van der Waals surface area contributed by atoms with Crippen molar-refractivity contribution in [2.24, 2.45) is 0 Å². The lowest BCUT2D eigenvalue weighted by atomic mass is 10.0. The summed E-state index contributed by atoms with van der Waals surface area (Å²) in [7, 11) is 1.82. The summed E-state index contributed by atoms with van der Waals surface area (Å²) in [5.41, 5.74) is 1.20. The van der Waals surface area contributed by atoms with E-state index in [4.69, 9.17) is 5.11 Å². The number of likely N-dealkylation sites (N-methyl/N-ethyl adjacent to an activating group) is 1. The van der Waals surface area contributed by atoms with Crippen LogP contribution in [0.2, 0.25) is 0 Å². The van der Waals surface area contributed by atoms with Crippen LogP contribution in [0.5, 0.6) is 0 Å². The molecular weight excluding hydrogens is 268 g/mol. The van der Waals surface area contributed by atoms with E-state index < -0.39 is 5.97 Å². The lowest BCUT2D eigenvalue weighted by Crippen LogP contribution is -2.37. The van der Waals surface area contributed by atoms with Gasteiger partial charge in [0.05, 0.1) is 6.54 Å². The van der Waals surface area contributed by atoms with Crippen molar-refractivity contribution in [1.82, 2.24) is 10.2 Å². The van der Waals surface area contributed by atoms with E-state index in [1.54, 1.807) is 0 Å². The summed E-state index contributed by atoms with van der Waals surface area (Å²) in [6.07, 6.45) is 0.691. The zero-order valence-electron chi connectivity index (χ0n) is 12.7. The van der Waals surface area contributed by atoms with Gasteiger partial charge in [0.25, 0.3) is 0 Å². The lowest BCUT2D eigenvalue weighted by molar-refractivity contribution is -0.137. The van der Waals surface area contributed by atoms with Crippen molar-refractivity contribution in [3.8, 4) is 0 Å². The molecule has 0 aliphatic rings. The zero-order chi connectivity index (χ0) is 15.7. The minimum atomic E-state index is -0.801. The van der Waals surface area contributed by atoms with Crippen LogP contribution in [-0.4, -0.2) is 48.6 Å². The van der Waals surface area contributed by atoms with E-state index >= 15 is 0 Å². The Labute approximate surface area is 126 Å². The van der Waals surface area contributed by atoms with Gasteiger partial charge in [-0.15, -0.1) is 0 Å². The fourth-order valence-electron chi connectivity index (χ4n) is 2.05. The third-order valence-corrected chi connectivity index (χ3v) is 3.32. The predicted octanol–water partition coefficient (Wildman–Crippen LogP) is 1.70. The summed E-state index contributed by atoms with van der Waals surface area (Å²) in [6.45, 7) is 3.58. The number of carbonyl (C=O) groups is 2.